The van der Waals surface area contributed by atoms with Crippen molar-refractivity contribution in [2.45, 2.75) is 38.6 Å². The predicted molar refractivity (Wildman–Crippen MR) is 151 cm³/mol. The summed E-state index contributed by atoms with van der Waals surface area (Å²) >= 11 is 5.82. The van der Waals surface area contributed by atoms with Crippen LogP contribution in [0.15, 0.2) is 55.0 Å². The average Bonchev–Trinajstić information content (AvgIpc) is 3.36. The Balaban J connectivity index is 1.02. The molecule has 2 atom stereocenters. The summed E-state index contributed by atoms with van der Waals surface area (Å²) in [5, 5.41) is 0.326. The SMILES string of the molecule is C[C@H]1CN(c2ccnc(OCc3ccc(Cl)cc3F)n2)CCN1COC(=O)c1ccc2ncn(C[C@@H]3CCO3)c2c1. The van der Waals surface area contributed by atoms with E-state index in [1.807, 2.05) is 22.8 Å². The van der Waals surface area contributed by atoms with Gasteiger partial charge in [0.25, 0.3) is 0 Å². The van der Waals surface area contributed by atoms with Crippen molar-refractivity contribution in [1.29, 1.82) is 0 Å². The molecular weight excluding hydrogens is 551 g/mol. The Morgan fingerprint density at radius 3 is 2.83 bits per heavy atom. The average molecular weight is 581 g/mol. The van der Waals surface area contributed by atoms with Crippen LogP contribution in [0.5, 0.6) is 6.01 Å². The molecular formula is C29H30ClFN6O4. The number of nitrogens with zero attached hydrogens (tertiary/aromatic N) is 6. The van der Waals surface area contributed by atoms with E-state index in [0.29, 0.717) is 41.6 Å². The van der Waals surface area contributed by atoms with Gasteiger partial charge in [-0.05, 0) is 49.7 Å². The van der Waals surface area contributed by atoms with E-state index in [1.165, 1.54) is 6.07 Å². The number of hydrogen-bond acceptors (Lipinski definition) is 9. The molecule has 214 valence electrons. The molecule has 6 rings (SSSR count). The molecule has 2 aliphatic heterocycles. The topological polar surface area (TPSA) is 94.8 Å². The molecule has 2 aromatic heterocycles. The maximum absolute atomic E-state index is 14.1. The van der Waals surface area contributed by atoms with Gasteiger partial charge in [0.2, 0.25) is 0 Å². The fourth-order valence-electron chi connectivity index (χ4n) is 4.96. The van der Waals surface area contributed by atoms with E-state index in [1.54, 1.807) is 30.7 Å². The van der Waals surface area contributed by atoms with Crippen molar-refractivity contribution in [2.75, 3.05) is 37.9 Å². The maximum atomic E-state index is 14.1. The minimum Gasteiger partial charge on any atom is -0.458 e. The Hall–Kier alpha value is -3.80. The largest absolute Gasteiger partial charge is 0.458 e. The zero-order valence-electron chi connectivity index (χ0n) is 22.6. The first-order chi connectivity index (χ1) is 19.9. The second-order valence-electron chi connectivity index (χ2n) is 10.3. The summed E-state index contributed by atoms with van der Waals surface area (Å²) < 4.78 is 33.0. The minimum atomic E-state index is -0.439. The number of carbonyl (C=O) groups is 1. The van der Waals surface area contributed by atoms with Crippen LogP contribution < -0.4 is 9.64 Å². The van der Waals surface area contributed by atoms with Crippen LogP contribution in [0.1, 0.15) is 29.3 Å². The molecule has 0 radical (unpaired) electrons. The van der Waals surface area contributed by atoms with Crippen molar-refractivity contribution in [3.05, 3.63) is 77.0 Å². The van der Waals surface area contributed by atoms with E-state index in [4.69, 9.17) is 25.8 Å². The van der Waals surface area contributed by atoms with E-state index < -0.39 is 5.82 Å². The Labute approximate surface area is 241 Å². The molecule has 0 aliphatic carbocycles. The third-order valence-electron chi connectivity index (χ3n) is 7.49. The third-order valence-corrected chi connectivity index (χ3v) is 7.73. The lowest BCUT2D eigenvalue weighted by atomic mass is 10.1. The molecule has 2 aromatic carbocycles. The van der Waals surface area contributed by atoms with Gasteiger partial charge < -0.3 is 23.7 Å². The summed E-state index contributed by atoms with van der Waals surface area (Å²) in [6.45, 7) is 5.80. The normalized spacial score (nSPS) is 19.2. The Morgan fingerprint density at radius 1 is 1.17 bits per heavy atom. The summed E-state index contributed by atoms with van der Waals surface area (Å²) in [6, 6.07) is 11.9. The first-order valence-corrected chi connectivity index (χ1v) is 13.9. The summed E-state index contributed by atoms with van der Waals surface area (Å²) in [4.78, 5) is 30.3. The molecule has 2 aliphatic rings. The number of hydrogen-bond donors (Lipinski definition) is 0. The fourth-order valence-corrected chi connectivity index (χ4v) is 5.11. The highest BCUT2D eigenvalue weighted by Crippen LogP contribution is 2.22. The van der Waals surface area contributed by atoms with Crippen LogP contribution in [-0.2, 0) is 22.6 Å². The van der Waals surface area contributed by atoms with E-state index in [2.05, 4.69) is 31.7 Å². The minimum absolute atomic E-state index is 0.00773. The number of rotatable bonds is 9. The molecule has 0 bridgehead atoms. The third kappa shape index (κ3) is 6.27. The van der Waals surface area contributed by atoms with Crippen LogP contribution in [0.2, 0.25) is 5.02 Å². The van der Waals surface area contributed by atoms with E-state index >= 15 is 0 Å². The lowest BCUT2D eigenvalue weighted by Gasteiger charge is -2.39. The van der Waals surface area contributed by atoms with Gasteiger partial charge in [0, 0.05) is 49.1 Å². The zero-order chi connectivity index (χ0) is 28.3. The molecule has 10 nitrogen and oxygen atoms in total. The van der Waals surface area contributed by atoms with Gasteiger partial charge in [-0.15, -0.1) is 0 Å². The van der Waals surface area contributed by atoms with Gasteiger partial charge in [0.1, 0.15) is 25.0 Å². The monoisotopic (exact) mass is 580 g/mol. The number of piperazine rings is 1. The fraction of sp³-hybridized carbons (Fsp3) is 0.379. The second-order valence-corrected chi connectivity index (χ2v) is 10.7. The molecule has 2 saturated heterocycles. The van der Waals surface area contributed by atoms with Gasteiger partial charge in [0.05, 0.1) is 35.6 Å². The number of esters is 1. The zero-order valence-corrected chi connectivity index (χ0v) is 23.3. The first-order valence-electron chi connectivity index (χ1n) is 13.6. The lowest BCUT2D eigenvalue weighted by molar-refractivity contribution is -0.0586. The summed E-state index contributed by atoms with van der Waals surface area (Å²) in [5.41, 5.74) is 2.59. The van der Waals surface area contributed by atoms with Crippen molar-refractivity contribution < 1.29 is 23.4 Å². The molecule has 41 heavy (non-hydrogen) atoms. The van der Waals surface area contributed by atoms with Crippen molar-refractivity contribution in [3.63, 3.8) is 0 Å². The Kier molecular flexibility index (Phi) is 8.00. The highest BCUT2D eigenvalue weighted by Gasteiger charge is 2.26. The molecule has 4 aromatic rings. The number of benzene rings is 2. The summed E-state index contributed by atoms with van der Waals surface area (Å²) in [7, 11) is 0. The van der Waals surface area contributed by atoms with E-state index in [-0.39, 0.29) is 37.5 Å². The number of ether oxygens (including phenoxy) is 3. The van der Waals surface area contributed by atoms with Gasteiger partial charge in [-0.2, -0.15) is 4.98 Å². The number of halogens is 2. The van der Waals surface area contributed by atoms with Crippen LogP contribution in [0, 0.1) is 5.82 Å². The number of imidazole rings is 1. The van der Waals surface area contributed by atoms with E-state index in [0.717, 1.165) is 30.6 Å². The number of fused-ring (bicyclic) bond motifs is 1. The molecule has 0 unspecified atom stereocenters. The summed E-state index contributed by atoms with van der Waals surface area (Å²) in [6.07, 6.45) is 4.64. The molecule has 0 N–H and O–H groups in total. The summed E-state index contributed by atoms with van der Waals surface area (Å²) in [5.74, 6) is -0.0957. The van der Waals surface area contributed by atoms with Crippen LogP contribution in [0.3, 0.4) is 0 Å². The van der Waals surface area contributed by atoms with Gasteiger partial charge in [-0.3, -0.25) is 4.90 Å². The van der Waals surface area contributed by atoms with Crippen molar-refractivity contribution in [2.24, 2.45) is 0 Å². The highest BCUT2D eigenvalue weighted by molar-refractivity contribution is 6.30. The Morgan fingerprint density at radius 2 is 2.05 bits per heavy atom. The number of aromatic nitrogens is 4. The molecule has 2 fully saturated rings. The molecule has 0 amide bonds. The van der Waals surface area contributed by atoms with Crippen LogP contribution in [0.25, 0.3) is 11.0 Å². The molecule has 0 saturated carbocycles. The first kappa shape index (κ1) is 27.4. The van der Waals surface area contributed by atoms with Crippen molar-refractivity contribution >= 4 is 34.4 Å². The standard InChI is InChI=1S/C29H30ClFN6O4/c1-19-14-35(27-6-8-32-29(34-27)40-16-21-2-4-22(30)13-24(21)31)9-10-36(19)18-41-28(38)20-3-5-25-26(12-20)37(17-33-25)15-23-7-11-39-23/h2-6,8,12-13,17,19,23H,7,9-11,14-16,18H2,1H3/t19-,23-/m0/s1. The highest BCUT2D eigenvalue weighted by atomic mass is 35.5. The predicted octanol–water partition coefficient (Wildman–Crippen LogP) is 4.31. The van der Waals surface area contributed by atoms with Crippen LogP contribution in [-0.4, -0.2) is 75.5 Å². The molecule has 0 spiro atoms. The van der Waals surface area contributed by atoms with E-state index in [9.17, 15) is 9.18 Å². The van der Waals surface area contributed by atoms with Gasteiger partial charge in [-0.1, -0.05) is 17.7 Å². The van der Waals surface area contributed by atoms with Gasteiger partial charge in [0.15, 0.2) is 0 Å². The Bertz CT molecular complexity index is 1550. The molecule has 12 heteroatoms. The van der Waals surface area contributed by atoms with Crippen molar-refractivity contribution in [1.82, 2.24) is 24.4 Å². The molecule has 4 heterocycles. The van der Waals surface area contributed by atoms with Gasteiger partial charge in [-0.25, -0.2) is 19.2 Å². The van der Waals surface area contributed by atoms with Crippen LogP contribution >= 0.6 is 11.6 Å². The number of carbonyl (C=O) groups excluding carboxylic acids is 1. The second kappa shape index (κ2) is 12.0. The van der Waals surface area contributed by atoms with Gasteiger partial charge >= 0.3 is 12.0 Å². The number of anilines is 1. The van der Waals surface area contributed by atoms with Crippen LogP contribution in [0.4, 0.5) is 10.2 Å². The van der Waals surface area contributed by atoms with Crippen molar-refractivity contribution in [3.8, 4) is 6.01 Å². The lowest BCUT2D eigenvalue weighted by Crippen LogP contribution is -2.53. The quantitative estimate of drug-likeness (QED) is 0.268. The smallest absolute Gasteiger partial charge is 0.339 e. The maximum Gasteiger partial charge on any atom is 0.339 e.